The van der Waals surface area contributed by atoms with Crippen molar-refractivity contribution in [1.29, 1.82) is 0 Å². The number of morpholine rings is 1. The highest BCUT2D eigenvalue weighted by atomic mass is 16.6. The van der Waals surface area contributed by atoms with E-state index >= 15 is 0 Å². The molecule has 116 valence electrons. The van der Waals surface area contributed by atoms with Crippen LogP contribution in [-0.2, 0) is 14.3 Å². The molecule has 0 aliphatic carbocycles. The number of nitrogens with zero attached hydrogens (tertiary/aromatic N) is 1. The number of ether oxygens (including phenoxy) is 2. The average molecular weight is 285 g/mol. The zero-order valence-electron chi connectivity index (χ0n) is 13.3. The molecule has 0 spiro atoms. The van der Waals surface area contributed by atoms with Crippen molar-refractivity contribution in [1.82, 2.24) is 4.90 Å². The van der Waals surface area contributed by atoms with Crippen LogP contribution in [-0.4, -0.2) is 48.2 Å². The normalized spacial score (nSPS) is 20.1. The maximum Gasteiger partial charge on any atom is 0.411 e. The van der Waals surface area contributed by atoms with E-state index in [1.165, 1.54) is 4.90 Å². The second kappa shape index (κ2) is 7.07. The van der Waals surface area contributed by atoms with Gasteiger partial charge in [0.2, 0.25) is 0 Å². The molecule has 1 fully saturated rings. The minimum atomic E-state index is -0.555. The van der Waals surface area contributed by atoms with Gasteiger partial charge in [-0.15, -0.1) is 0 Å². The summed E-state index contributed by atoms with van der Waals surface area (Å²) in [5.41, 5.74) is -0.555. The molecule has 5 heteroatoms. The van der Waals surface area contributed by atoms with Gasteiger partial charge in [-0.3, -0.25) is 9.69 Å². The van der Waals surface area contributed by atoms with Crippen LogP contribution in [0.1, 0.15) is 47.5 Å². The van der Waals surface area contributed by atoms with Crippen LogP contribution in [0.4, 0.5) is 4.79 Å². The third kappa shape index (κ3) is 5.49. The van der Waals surface area contributed by atoms with Crippen LogP contribution in [0.5, 0.6) is 0 Å². The van der Waals surface area contributed by atoms with Gasteiger partial charge in [0, 0.05) is 13.0 Å². The second-order valence-electron chi connectivity index (χ2n) is 6.66. The van der Waals surface area contributed by atoms with Crippen molar-refractivity contribution in [2.45, 2.75) is 59.1 Å². The molecule has 0 N–H and O–H groups in total. The topological polar surface area (TPSA) is 55.8 Å². The van der Waals surface area contributed by atoms with Crippen molar-refractivity contribution in [2.75, 3.05) is 19.8 Å². The smallest absolute Gasteiger partial charge is 0.411 e. The molecular weight excluding hydrogens is 258 g/mol. The van der Waals surface area contributed by atoms with Crippen LogP contribution in [0, 0.1) is 5.92 Å². The molecule has 1 aliphatic heterocycles. The molecule has 20 heavy (non-hydrogen) atoms. The van der Waals surface area contributed by atoms with Crippen molar-refractivity contribution >= 4 is 11.9 Å². The second-order valence-corrected chi connectivity index (χ2v) is 6.66. The Morgan fingerprint density at radius 2 is 2.00 bits per heavy atom. The maximum atomic E-state index is 12.3. The van der Waals surface area contributed by atoms with E-state index in [1.54, 1.807) is 0 Å². The van der Waals surface area contributed by atoms with Crippen LogP contribution in [0.25, 0.3) is 0 Å². The first-order valence-electron chi connectivity index (χ1n) is 7.31. The van der Waals surface area contributed by atoms with Crippen LogP contribution >= 0.6 is 0 Å². The Kier molecular flexibility index (Phi) is 5.99. The molecule has 0 aromatic heterocycles. The fourth-order valence-corrected chi connectivity index (χ4v) is 2.01. The quantitative estimate of drug-likeness (QED) is 0.796. The van der Waals surface area contributed by atoms with Crippen molar-refractivity contribution in [2.24, 2.45) is 5.92 Å². The van der Waals surface area contributed by atoms with E-state index in [1.807, 2.05) is 20.8 Å². The number of Topliss-reactive ketones (excluding diaryl/α,β-unsaturated/α-hetero) is 1. The minimum Gasteiger partial charge on any atom is -0.444 e. The Morgan fingerprint density at radius 3 is 2.55 bits per heavy atom. The van der Waals surface area contributed by atoms with Gasteiger partial charge in [0.15, 0.2) is 5.78 Å². The van der Waals surface area contributed by atoms with Crippen molar-refractivity contribution < 1.29 is 19.1 Å². The number of hydrogen-bond acceptors (Lipinski definition) is 4. The molecule has 0 saturated carbocycles. The van der Waals surface area contributed by atoms with Gasteiger partial charge >= 0.3 is 6.09 Å². The summed E-state index contributed by atoms with van der Waals surface area (Å²) in [6.45, 7) is 10.8. The summed E-state index contributed by atoms with van der Waals surface area (Å²) in [5.74, 6) is 0.530. The molecule has 1 saturated heterocycles. The number of rotatable bonds is 4. The van der Waals surface area contributed by atoms with Gasteiger partial charge in [-0.1, -0.05) is 13.8 Å². The number of hydrogen-bond donors (Lipinski definition) is 0. The van der Waals surface area contributed by atoms with Gasteiger partial charge in [0.25, 0.3) is 0 Å². The minimum absolute atomic E-state index is 0.0595. The number of amides is 1. The highest BCUT2D eigenvalue weighted by Gasteiger charge is 2.34. The molecule has 5 nitrogen and oxygen atoms in total. The SMILES string of the molecule is CC(C)CCC(=O)C1COCCN1C(=O)OC(C)(C)C. The molecule has 1 rings (SSSR count). The van der Waals surface area contributed by atoms with Gasteiger partial charge < -0.3 is 9.47 Å². The van der Waals surface area contributed by atoms with E-state index in [4.69, 9.17) is 9.47 Å². The molecular formula is C15H27NO4. The number of carbonyl (C=O) groups excluding carboxylic acids is 2. The number of carbonyl (C=O) groups is 2. The third-order valence-electron chi connectivity index (χ3n) is 3.10. The van der Waals surface area contributed by atoms with Crippen LogP contribution < -0.4 is 0 Å². The first-order chi connectivity index (χ1) is 9.20. The molecule has 0 aromatic rings. The predicted octanol–water partition coefficient (Wildman–Crippen LogP) is 2.63. The summed E-state index contributed by atoms with van der Waals surface area (Å²) >= 11 is 0. The van der Waals surface area contributed by atoms with Gasteiger partial charge in [-0.2, -0.15) is 0 Å². The highest BCUT2D eigenvalue weighted by Crippen LogP contribution is 2.17. The summed E-state index contributed by atoms with van der Waals surface area (Å²) in [6.07, 6.45) is 0.881. The predicted molar refractivity (Wildman–Crippen MR) is 76.6 cm³/mol. The molecule has 1 amide bonds. The molecule has 0 aromatic carbocycles. The molecule has 1 atom stereocenters. The van der Waals surface area contributed by atoms with Gasteiger partial charge in [-0.25, -0.2) is 4.79 Å². The third-order valence-corrected chi connectivity index (χ3v) is 3.10. The molecule has 0 radical (unpaired) electrons. The lowest BCUT2D eigenvalue weighted by Crippen LogP contribution is -2.53. The summed E-state index contributed by atoms with van der Waals surface area (Å²) < 4.78 is 10.7. The van der Waals surface area contributed by atoms with E-state index in [2.05, 4.69) is 13.8 Å². The van der Waals surface area contributed by atoms with E-state index in [0.717, 1.165) is 6.42 Å². The summed E-state index contributed by atoms with van der Waals surface area (Å²) in [7, 11) is 0. The van der Waals surface area contributed by atoms with Crippen molar-refractivity contribution in [3.05, 3.63) is 0 Å². The Balaban J connectivity index is 2.66. The maximum absolute atomic E-state index is 12.3. The molecule has 0 bridgehead atoms. The average Bonchev–Trinajstić information content (AvgIpc) is 2.33. The highest BCUT2D eigenvalue weighted by molar-refractivity contribution is 5.87. The van der Waals surface area contributed by atoms with E-state index in [-0.39, 0.29) is 12.4 Å². The fourth-order valence-electron chi connectivity index (χ4n) is 2.01. The van der Waals surface area contributed by atoms with Crippen LogP contribution in [0.2, 0.25) is 0 Å². The van der Waals surface area contributed by atoms with Crippen molar-refractivity contribution in [3.63, 3.8) is 0 Å². The lowest BCUT2D eigenvalue weighted by molar-refractivity contribution is -0.130. The Hall–Kier alpha value is -1.10. The summed E-state index contributed by atoms with van der Waals surface area (Å²) in [4.78, 5) is 25.9. The van der Waals surface area contributed by atoms with Gasteiger partial charge in [0.05, 0.1) is 13.2 Å². The Labute approximate surface area is 121 Å². The first-order valence-corrected chi connectivity index (χ1v) is 7.31. The zero-order chi connectivity index (χ0) is 15.3. The lowest BCUT2D eigenvalue weighted by atomic mass is 10.0. The van der Waals surface area contributed by atoms with Gasteiger partial charge in [-0.05, 0) is 33.1 Å². The van der Waals surface area contributed by atoms with Crippen LogP contribution in [0.15, 0.2) is 0 Å². The Morgan fingerprint density at radius 1 is 1.35 bits per heavy atom. The zero-order valence-corrected chi connectivity index (χ0v) is 13.3. The molecule has 1 heterocycles. The molecule has 1 unspecified atom stereocenters. The first kappa shape index (κ1) is 17.0. The van der Waals surface area contributed by atoms with Crippen molar-refractivity contribution in [3.8, 4) is 0 Å². The lowest BCUT2D eigenvalue weighted by Gasteiger charge is -2.35. The summed E-state index contributed by atoms with van der Waals surface area (Å²) in [5, 5.41) is 0. The molecule has 1 aliphatic rings. The van der Waals surface area contributed by atoms with E-state index in [0.29, 0.717) is 25.5 Å². The fraction of sp³-hybridized carbons (Fsp3) is 0.867. The standard InChI is InChI=1S/C15H27NO4/c1-11(2)6-7-13(17)12-10-19-9-8-16(12)14(18)20-15(3,4)5/h11-12H,6-10H2,1-5H3. The Bertz CT molecular complexity index is 346. The van der Waals surface area contributed by atoms with Gasteiger partial charge in [0.1, 0.15) is 11.6 Å². The largest absolute Gasteiger partial charge is 0.444 e. The monoisotopic (exact) mass is 285 g/mol. The van der Waals surface area contributed by atoms with Crippen LogP contribution in [0.3, 0.4) is 0 Å². The number of ketones is 1. The summed E-state index contributed by atoms with van der Waals surface area (Å²) in [6, 6.07) is -0.502. The van der Waals surface area contributed by atoms with E-state index in [9.17, 15) is 9.59 Å². The van der Waals surface area contributed by atoms with E-state index < -0.39 is 17.7 Å².